The number of benzene rings is 2. The Kier molecular flexibility index (Phi) is 5.53. The molecule has 152 valence electrons. The molecule has 1 amide bonds. The molecule has 0 aliphatic carbocycles. The SMILES string of the molecule is CCOc1ccc2nc(NC(=O)c3ccc(S(=O)(=O)N4CCCC4)cc3)sc2c1. The molecule has 1 aromatic heterocycles. The molecule has 3 aromatic rings. The smallest absolute Gasteiger partial charge is 0.257 e. The molecule has 0 saturated carbocycles. The Labute approximate surface area is 173 Å². The Hall–Kier alpha value is -2.49. The van der Waals surface area contributed by atoms with E-state index in [9.17, 15) is 13.2 Å². The number of anilines is 1. The highest BCUT2D eigenvalue weighted by molar-refractivity contribution is 7.89. The lowest BCUT2D eigenvalue weighted by Gasteiger charge is -2.15. The molecule has 0 spiro atoms. The van der Waals surface area contributed by atoms with Gasteiger partial charge in [0.1, 0.15) is 5.75 Å². The number of ether oxygens (including phenoxy) is 1. The monoisotopic (exact) mass is 431 g/mol. The maximum absolute atomic E-state index is 12.6. The van der Waals surface area contributed by atoms with Crippen LogP contribution in [0.25, 0.3) is 10.2 Å². The highest BCUT2D eigenvalue weighted by Gasteiger charge is 2.27. The van der Waals surface area contributed by atoms with Crippen molar-refractivity contribution in [3.05, 3.63) is 48.0 Å². The molecular weight excluding hydrogens is 410 g/mol. The van der Waals surface area contributed by atoms with Crippen molar-refractivity contribution in [2.75, 3.05) is 25.0 Å². The Bertz CT molecular complexity index is 1130. The van der Waals surface area contributed by atoms with Gasteiger partial charge in [-0.3, -0.25) is 10.1 Å². The number of hydrogen-bond acceptors (Lipinski definition) is 6. The minimum absolute atomic E-state index is 0.208. The van der Waals surface area contributed by atoms with E-state index in [0.29, 0.717) is 30.4 Å². The van der Waals surface area contributed by atoms with Crippen molar-refractivity contribution < 1.29 is 17.9 Å². The summed E-state index contributed by atoms with van der Waals surface area (Å²) in [4.78, 5) is 17.2. The van der Waals surface area contributed by atoms with Crippen molar-refractivity contribution in [1.82, 2.24) is 9.29 Å². The summed E-state index contributed by atoms with van der Waals surface area (Å²) in [5.41, 5.74) is 1.15. The van der Waals surface area contributed by atoms with Crippen LogP contribution in [0.15, 0.2) is 47.4 Å². The topological polar surface area (TPSA) is 88.6 Å². The number of carbonyl (C=O) groups is 1. The normalized spacial score (nSPS) is 14.9. The summed E-state index contributed by atoms with van der Waals surface area (Å²) in [5, 5.41) is 3.26. The third-order valence-electron chi connectivity index (χ3n) is 4.71. The maximum atomic E-state index is 12.6. The summed E-state index contributed by atoms with van der Waals surface area (Å²) >= 11 is 1.36. The van der Waals surface area contributed by atoms with Gasteiger partial charge in [-0.25, -0.2) is 13.4 Å². The first-order valence-electron chi connectivity index (χ1n) is 9.42. The Morgan fingerprint density at radius 3 is 2.59 bits per heavy atom. The molecule has 9 heteroatoms. The van der Waals surface area contributed by atoms with Crippen molar-refractivity contribution in [3.63, 3.8) is 0 Å². The van der Waals surface area contributed by atoms with Crippen LogP contribution in [0.4, 0.5) is 5.13 Å². The van der Waals surface area contributed by atoms with Crippen LogP contribution in [0, 0.1) is 0 Å². The van der Waals surface area contributed by atoms with Gasteiger partial charge in [-0.15, -0.1) is 0 Å². The predicted molar refractivity (Wildman–Crippen MR) is 113 cm³/mol. The van der Waals surface area contributed by atoms with Gasteiger partial charge in [0.05, 0.1) is 21.7 Å². The summed E-state index contributed by atoms with van der Waals surface area (Å²) in [7, 11) is -3.49. The number of aromatic nitrogens is 1. The molecule has 0 bridgehead atoms. The largest absolute Gasteiger partial charge is 0.494 e. The van der Waals surface area contributed by atoms with E-state index in [4.69, 9.17) is 4.74 Å². The van der Waals surface area contributed by atoms with Gasteiger partial charge in [0.25, 0.3) is 5.91 Å². The highest BCUT2D eigenvalue weighted by atomic mass is 32.2. The van der Waals surface area contributed by atoms with Crippen LogP contribution < -0.4 is 10.1 Å². The van der Waals surface area contributed by atoms with Crippen molar-refractivity contribution in [2.45, 2.75) is 24.7 Å². The van der Waals surface area contributed by atoms with Gasteiger partial charge in [-0.2, -0.15) is 4.31 Å². The zero-order valence-electron chi connectivity index (χ0n) is 15.9. The minimum atomic E-state index is -3.49. The predicted octanol–water partition coefficient (Wildman–Crippen LogP) is 3.73. The molecule has 0 radical (unpaired) electrons. The second-order valence-electron chi connectivity index (χ2n) is 6.67. The van der Waals surface area contributed by atoms with Crippen molar-refractivity contribution in [1.29, 1.82) is 0 Å². The second kappa shape index (κ2) is 8.10. The molecule has 29 heavy (non-hydrogen) atoms. The number of rotatable bonds is 6. The first kappa shape index (κ1) is 19.8. The summed E-state index contributed by atoms with van der Waals surface area (Å²) in [6, 6.07) is 11.6. The molecule has 4 rings (SSSR count). The molecular formula is C20H21N3O4S2. The maximum Gasteiger partial charge on any atom is 0.257 e. The number of hydrogen-bond donors (Lipinski definition) is 1. The van der Waals surface area contributed by atoms with Crippen molar-refractivity contribution >= 4 is 42.6 Å². The third-order valence-corrected chi connectivity index (χ3v) is 7.56. The fourth-order valence-electron chi connectivity index (χ4n) is 3.24. The van der Waals surface area contributed by atoms with E-state index >= 15 is 0 Å². The molecule has 1 N–H and O–H groups in total. The number of carbonyl (C=O) groups excluding carboxylic acids is 1. The molecule has 0 unspecified atom stereocenters. The average molecular weight is 432 g/mol. The van der Waals surface area contributed by atoms with Gasteiger partial charge in [-0.1, -0.05) is 11.3 Å². The van der Waals surface area contributed by atoms with Gasteiger partial charge in [0, 0.05) is 18.7 Å². The first-order chi connectivity index (χ1) is 14.0. The number of thiazole rings is 1. The van der Waals surface area contributed by atoms with E-state index in [1.807, 2.05) is 25.1 Å². The molecule has 2 heterocycles. The quantitative estimate of drug-likeness (QED) is 0.642. The second-order valence-corrected chi connectivity index (χ2v) is 9.64. The van der Waals surface area contributed by atoms with Crippen LogP contribution in [-0.2, 0) is 10.0 Å². The minimum Gasteiger partial charge on any atom is -0.494 e. The Morgan fingerprint density at radius 1 is 1.17 bits per heavy atom. The van der Waals surface area contributed by atoms with E-state index < -0.39 is 10.0 Å². The number of fused-ring (bicyclic) bond motifs is 1. The van der Waals surface area contributed by atoms with Crippen LogP contribution >= 0.6 is 11.3 Å². The zero-order chi connectivity index (χ0) is 20.4. The zero-order valence-corrected chi connectivity index (χ0v) is 17.6. The van der Waals surface area contributed by atoms with Crippen molar-refractivity contribution in [3.8, 4) is 5.75 Å². The highest BCUT2D eigenvalue weighted by Crippen LogP contribution is 2.29. The van der Waals surface area contributed by atoms with Crippen LogP contribution in [-0.4, -0.2) is 43.3 Å². The van der Waals surface area contributed by atoms with Crippen LogP contribution in [0.2, 0.25) is 0 Å². The molecule has 7 nitrogen and oxygen atoms in total. The van der Waals surface area contributed by atoms with Crippen molar-refractivity contribution in [2.24, 2.45) is 0 Å². The van der Waals surface area contributed by atoms with E-state index in [2.05, 4.69) is 10.3 Å². The number of sulfonamides is 1. The summed E-state index contributed by atoms with van der Waals surface area (Å²) < 4.78 is 33.1. The first-order valence-corrected chi connectivity index (χ1v) is 11.7. The van der Waals surface area contributed by atoms with Gasteiger partial charge in [0.2, 0.25) is 10.0 Å². The van der Waals surface area contributed by atoms with Gasteiger partial charge < -0.3 is 4.74 Å². The summed E-state index contributed by atoms with van der Waals surface area (Å²) in [6.07, 6.45) is 1.77. The Morgan fingerprint density at radius 2 is 1.90 bits per heavy atom. The third kappa shape index (κ3) is 4.12. The molecule has 0 atom stereocenters. The number of nitrogens with zero attached hydrogens (tertiary/aromatic N) is 2. The number of amides is 1. The van der Waals surface area contributed by atoms with Crippen LogP contribution in [0.5, 0.6) is 5.75 Å². The number of nitrogens with one attached hydrogen (secondary N) is 1. The lowest BCUT2D eigenvalue weighted by molar-refractivity contribution is 0.102. The van der Waals surface area contributed by atoms with Gasteiger partial charge in [-0.05, 0) is 62.2 Å². The molecule has 1 saturated heterocycles. The molecule has 2 aromatic carbocycles. The van der Waals surface area contributed by atoms with Gasteiger partial charge >= 0.3 is 0 Å². The van der Waals surface area contributed by atoms with E-state index in [1.54, 1.807) is 0 Å². The van der Waals surface area contributed by atoms with Crippen LogP contribution in [0.3, 0.4) is 0 Å². The molecule has 1 aliphatic heterocycles. The molecule has 1 fully saturated rings. The van der Waals surface area contributed by atoms with E-state index in [1.165, 1.54) is 39.9 Å². The van der Waals surface area contributed by atoms with Gasteiger partial charge in [0.15, 0.2) is 5.13 Å². The summed E-state index contributed by atoms with van der Waals surface area (Å²) in [6.45, 7) is 3.60. The van der Waals surface area contributed by atoms with E-state index in [0.717, 1.165) is 28.8 Å². The Balaban J connectivity index is 1.49. The average Bonchev–Trinajstić information content (AvgIpc) is 3.38. The lowest BCUT2D eigenvalue weighted by atomic mass is 10.2. The lowest BCUT2D eigenvalue weighted by Crippen LogP contribution is -2.27. The standard InChI is InChI=1S/C20H21N3O4S2/c1-2-27-15-7-10-17-18(13-15)28-20(21-17)22-19(24)14-5-8-16(9-6-14)29(25,26)23-11-3-4-12-23/h5-10,13H,2-4,11-12H2,1H3,(H,21,22,24). The van der Waals surface area contributed by atoms with E-state index in [-0.39, 0.29) is 10.8 Å². The fourth-order valence-corrected chi connectivity index (χ4v) is 5.65. The summed E-state index contributed by atoms with van der Waals surface area (Å²) in [5.74, 6) is 0.426. The fraction of sp³-hybridized carbons (Fsp3) is 0.300. The van der Waals surface area contributed by atoms with Crippen LogP contribution in [0.1, 0.15) is 30.1 Å². The molecule has 1 aliphatic rings.